The van der Waals surface area contributed by atoms with Crippen LogP contribution in [0.2, 0.25) is 0 Å². The van der Waals surface area contributed by atoms with Crippen LogP contribution in [0.15, 0.2) is 24.3 Å². The van der Waals surface area contributed by atoms with Crippen molar-refractivity contribution in [2.75, 3.05) is 31.2 Å². The summed E-state index contributed by atoms with van der Waals surface area (Å²) in [5.74, 6) is 0.231. The van der Waals surface area contributed by atoms with Gasteiger partial charge in [-0.1, -0.05) is 12.5 Å². The van der Waals surface area contributed by atoms with E-state index in [9.17, 15) is 9.18 Å². The van der Waals surface area contributed by atoms with Crippen molar-refractivity contribution < 1.29 is 23.4 Å². The molecule has 1 aliphatic carbocycles. The predicted octanol–water partition coefficient (Wildman–Crippen LogP) is 6.86. The molecule has 256 valence electrons. The summed E-state index contributed by atoms with van der Waals surface area (Å²) in [5, 5.41) is 5.19. The molecule has 1 saturated heterocycles. The van der Waals surface area contributed by atoms with Gasteiger partial charge in [-0.2, -0.15) is 9.61 Å². The van der Waals surface area contributed by atoms with Gasteiger partial charge < -0.3 is 19.1 Å². The first-order valence-corrected chi connectivity index (χ1v) is 17.6. The number of esters is 1. The highest BCUT2D eigenvalue weighted by Gasteiger charge is 2.39. The number of hydrogen-bond donors (Lipinski definition) is 0. The number of ether oxygens (including phenoxy) is 3. The fourth-order valence-electron chi connectivity index (χ4n) is 7.06. The maximum atomic E-state index is 14.4. The van der Waals surface area contributed by atoms with Crippen LogP contribution >= 0.6 is 0 Å². The first-order chi connectivity index (χ1) is 22.4. The topological polar surface area (TPSA) is 81.4 Å². The van der Waals surface area contributed by atoms with Crippen LogP contribution in [0.5, 0.6) is 0 Å². The molecule has 0 radical (unpaired) electrons. The van der Waals surface area contributed by atoms with E-state index in [4.69, 9.17) is 24.3 Å². The predicted molar refractivity (Wildman–Crippen MR) is 180 cm³/mol. The van der Waals surface area contributed by atoms with Gasteiger partial charge in [0.1, 0.15) is 11.6 Å². The number of halogens is 1. The Hall–Kier alpha value is -3.08. The summed E-state index contributed by atoms with van der Waals surface area (Å²) in [6, 6.07) is 7.81. The molecule has 0 amide bonds. The number of benzene rings is 1. The maximum Gasteiger partial charge on any atom is 0.340 e. The monoisotopic (exact) mass is 649 g/mol. The van der Waals surface area contributed by atoms with E-state index >= 15 is 0 Å². The molecule has 2 fully saturated rings. The third kappa shape index (κ3) is 7.98. The van der Waals surface area contributed by atoms with E-state index in [1.165, 1.54) is 5.56 Å². The quantitative estimate of drug-likeness (QED) is 0.278. The summed E-state index contributed by atoms with van der Waals surface area (Å²) in [7, 11) is 0. The number of carbonyl (C=O) groups excluding carboxylic acids is 1. The molecule has 0 N–H and O–H groups in total. The van der Waals surface area contributed by atoms with Gasteiger partial charge in [-0.25, -0.2) is 14.2 Å². The molecular formula is C37H52FN5O4. The van der Waals surface area contributed by atoms with E-state index in [-0.39, 0.29) is 18.0 Å². The molecule has 10 heteroatoms. The summed E-state index contributed by atoms with van der Waals surface area (Å²) in [5.41, 5.74) is 4.52. The lowest BCUT2D eigenvalue weighted by Crippen LogP contribution is -2.46. The number of rotatable bonds is 5. The van der Waals surface area contributed by atoms with E-state index in [0.717, 1.165) is 99.4 Å². The summed E-state index contributed by atoms with van der Waals surface area (Å²) in [4.78, 5) is 23.4. The van der Waals surface area contributed by atoms with E-state index in [1.807, 2.05) is 45.2 Å². The Kier molecular flexibility index (Phi) is 9.93. The van der Waals surface area contributed by atoms with Crippen molar-refractivity contribution in [2.45, 2.75) is 129 Å². The molecular weight excluding hydrogens is 597 g/mol. The lowest BCUT2D eigenvalue weighted by molar-refractivity contribution is -0.166. The minimum Gasteiger partial charge on any atom is -0.464 e. The standard InChI is InChI=1S/C37H52FN5O4/c1-7-45-35(44)33(47-36(3,4)5)32-25(2)39-31-22-29-24-42(30-14-15-30)23-27-12-13-28(38)21-26(27)11-9-8-10-20-46-37(6)16-18-41(19-17-37)34(32)43(31)40-29/h12-13,21-22,30,33H,7-11,14-20,23-24H2,1-6H3/t33-/m0/s1. The average Bonchev–Trinajstić information content (AvgIpc) is 3.78. The minimum absolute atomic E-state index is 0.177. The third-order valence-corrected chi connectivity index (χ3v) is 9.72. The second-order valence-electron chi connectivity index (χ2n) is 14.8. The zero-order valence-electron chi connectivity index (χ0n) is 29.1. The Bertz CT molecular complexity index is 1570. The largest absolute Gasteiger partial charge is 0.464 e. The van der Waals surface area contributed by atoms with E-state index in [0.29, 0.717) is 24.8 Å². The normalized spacial score (nSPS) is 20.4. The maximum absolute atomic E-state index is 14.4. The van der Waals surface area contributed by atoms with Gasteiger partial charge in [0.15, 0.2) is 11.8 Å². The fourth-order valence-corrected chi connectivity index (χ4v) is 7.06. The third-order valence-electron chi connectivity index (χ3n) is 9.72. The number of carbonyl (C=O) groups is 1. The molecule has 5 heterocycles. The van der Waals surface area contributed by atoms with Crippen molar-refractivity contribution in [2.24, 2.45) is 0 Å². The number of fused-ring (bicyclic) bond motifs is 9. The van der Waals surface area contributed by atoms with Crippen LogP contribution in [0.3, 0.4) is 0 Å². The Morgan fingerprint density at radius 1 is 1.11 bits per heavy atom. The average molecular weight is 650 g/mol. The van der Waals surface area contributed by atoms with Crippen molar-refractivity contribution in [1.82, 2.24) is 19.5 Å². The van der Waals surface area contributed by atoms with Crippen LogP contribution in [0.25, 0.3) is 5.65 Å². The van der Waals surface area contributed by atoms with Crippen LogP contribution in [-0.4, -0.2) is 69.0 Å². The zero-order chi connectivity index (χ0) is 33.3. The summed E-state index contributed by atoms with van der Waals surface area (Å²) in [6.07, 6.45) is 6.91. The van der Waals surface area contributed by atoms with Crippen molar-refractivity contribution in [3.05, 3.63) is 58.2 Å². The van der Waals surface area contributed by atoms with Crippen LogP contribution < -0.4 is 4.90 Å². The van der Waals surface area contributed by atoms with Gasteiger partial charge in [0.2, 0.25) is 0 Å². The van der Waals surface area contributed by atoms with Crippen molar-refractivity contribution in [3.63, 3.8) is 0 Å². The van der Waals surface area contributed by atoms with E-state index in [1.54, 1.807) is 12.1 Å². The molecule has 3 aromatic rings. The molecule has 1 aromatic carbocycles. The molecule has 0 spiro atoms. The molecule has 3 aliphatic heterocycles. The van der Waals surface area contributed by atoms with Gasteiger partial charge in [-0.05, 0) is 110 Å². The fraction of sp³-hybridized carbons (Fsp3) is 0.649. The highest BCUT2D eigenvalue weighted by atomic mass is 19.1. The van der Waals surface area contributed by atoms with Gasteiger partial charge in [0, 0.05) is 50.6 Å². The van der Waals surface area contributed by atoms with Gasteiger partial charge in [0.25, 0.3) is 0 Å². The number of aryl methyl sites for hydroxylation is 2. The van der Waals surface area contributed by atoms with E-state index < -0.39 is 17.7 Å². The Balaban J connectivity index is 1.46. The Labute approximate surface area is 278 Å². The second-order valence-corrected chi connectivity index (χ2v) is 14.8. The summed E-state index contributed by atoms with van der Waals surface area (Å²) in [6.45, 7) is 15.7. The molecule has 2 aromatic heterocycles. The molecule has 1 saturated carbocycles. The molecule has 7 rings (SSSR count). The highest BCUT2D eigenvalue weighted by molar-refractivity contribution is 5.80. The number of aromatic nitrogens is 3. The number of piperidine rings is 1. The first kappa shape index (κ1) is 33.8. The Morgan fingerprint density at radius 3 is 2.57 bits per heavy atom. The lowest BCUT2D eigenvalue weighted by atomic mass is 9.92. The van der Waals surface area contributed by atoms with Crippen LogP contribution in [-0.2, 0) is 38.5 Å². The molecule has 9 nitrogen and oxygen atoms in total. The number of anilines is 1. The van der Waals surface area contributed by atoms with Crippen LogP contribution in [0, 0.1) is 12.7 Å². The number of nitrogens with zero attached hydrogens (tertiary/aromatic N) is 5. The number of hydrogen-bond acceptors (Lipinski definition) is 8. The Morgan fingerprint density at radius 2 is 1.87 bits per heavy atom. The molecule has 4 aliphatic rings. The van der Waals surface area contributed by atoms with Crippen LogP contribution in [0.4, 0.5) is 10.2 Å². The first-order valence-electron chi connectivity index (χ1n) is 17.6. The van der Waals surface area contributed by atoms with Crippen LogP contribution in [0.1, 0.15) is 114 Å². The molecule has 0 unspecified atom stereocenters. The highest BCUT2D eigenvalue weighted by Crippen LogP contribution is 2.39. The van der Waals surface area contributed by atoms with Gasteiger partial charge >= 0.3 is 5.97 Å². The summed E-state index contributed by atoms with van der Waals surface area (Å²) >= 11 is 0. The van der Waals surface area contributed by atoms with E-state index in [2.05, 4.69) is 22.8 Å². The summed E-state index contributed by atoms with van der Waals surface area (Å²) < 4.78 is 34.9. The molecule has 1 atom stereocenters. The van der Waals surface area contributed by atoms with Crippen molar-refractivity contribution in [3.8, 4) is 0 Å². The smallest absolute Gasteiger partial charge is 0.340 e. The SMILES string of the molecule is CCOC(=O)[C@@H](OC(C)(C)C)c1c(C)nc2cc3nn2c1N1CCC(C)(CC1)OCCCCCc1cc(F)ccc1CN(C1CC1)C3. The van der Waals surface area contributed by atoms with Crippen molar-refractivity contribution >= 4 is 17.4 Å². The van der Waals surface area contributed by atoms with Gasteiger partial charge in [-0.3, -0.25) is 4.90 Å². The van der Waals surface area contributed by atoms with Crippen molar-refractivity contribution in [1.29, 1.82) is 0 Å². The minimum atomic E-state index is -0.958. The lowest BCUT2D eigenvalue weighted by Gasteiger charge is -2.41. The molecule has 4 bridgehead atoms. The second kappa shape index (κ2) is 13.8. The molecule has 47 heavy (non-hydrogen) atoms. The van der Waals surface area contributed by atoms with Gasteiger partial charge in [-0.15, -0.1) is 0 Å². The zero-order valence-corrected chi connectivity index (χ0v) is 29.1. The van der Waals surface area contributed by atoms with Gasteiger partial charge in [0.05, 0.1) is 29.1 Å².